The number of nitrogens with zero attached hydrogens (tertiary/aromatic N) is 2. The highest BCUT2D eigenvalue weighted by Crippen LogP contribution is 2.24. The van der Waals surface area contributed by atoms with Crippen molar-refractivity contribution in [2.24, 2.45) is 5.92 Å². The van der Waals surface area contributed by atoms with Crippen molar-refractivity contribution in [3.63, 3.8) is 0 Å². The highest BCUT2D eigenvalue weighted by Gasteiger charge is 2.21. The summed E-state index contributed by atoms with van der Waals surface area (Å²) in [5.74, 6) is 2.00. The quantitative estimate of drug-likeness (QED) is 0.926. The molecule has 1 heterocycles. The van der Waals surface area contributed by atoms with Gasteiger partial charge in [-0.3, -0.25) is 0 Å². The van der Waals surface area contributed by atoms with Crippen LogP contribution in [-0.4, -0.2) is 16.2 Å². The molecule has 106 valence electrons. The van der Waals surface area contributed by atoms with Gasteiger partial charge >= 0.3 is 0 Å². The molecule has 1 saturated carbocycles. The summed E-state index contributed by atoms with van der Waals surface area (Å²) in [6.07, 6.45) is 5.25. The van der Waals surface area contributed by atoms with Crippen molar-refractivity contribution in [3.8, 4) is 11.5 Å². The van der Waals surface area contributed by atoms with E-state index in [9.17, 15) is 0 Å². The molecular formula is C16H21N3O. The Bertz CT molecular complexity index is 538. The van der Waals surface area contributed by atoms with Gasteiger partial charge in [0, 0.05) is 11.6 Å². The maximum absolute atomic E-state index is 5.71. The molecule has 2 aromatic rings. The molecule has 4 nitrogen and oxygen atoms in total. The van der Waals surface area contributed by atoms with Gasteiger partial charge in [0.1, 0.15) is 0 Å². The predicted molar refractivity (Wildman–Crippen MR) is 78.0 cm³/mol. The average molecular weight is 271 g/mol. The second kappa shape index (κ2) is 6.18. The van der Waals surface area contributed by atoms with Crippen LogP contribution in [0.15, 0.2) is 34.7 Å². The van der Waals surface area contributed by atoms with Gasteiger partial charge in [0.15, 0.2) is 0 Å². The fourth-order valence-corrected chi connectivity index (χ4v) is 2.86. The summed E-state index contributed by atoms with van der Waals surface area (Å²) in [7, 11) is 0. The molecule has 1 aromatic heterocycles. The summed E-state index contributed by atoms with van der Waals surface area (Å²) < 4.78 is 5.71. The van der Waals surface area contributed by atoms with Crippen LogP contribution in [0.25, 0.3) is 11.5 Å². The number of rotatable bonds is 4. The van der Waals surface area contributed by atoms with Crippen molar-refractivity contribution >= 4 is 0 Å². The normalized spacial score (nSPS) is 22.9. The molecule has 4 heteroatoms. The van der Waals surface area contributed by atoms with Gasteiger partial charge in [-0.2, -0.15) is 0 Å². The van der Waals surface area contributed by atoms with Crippen LogP contribution in [-0.2, 0) is 6.54 Å². The molecule has 0 saturated heterocycles. The molecule has 1 aromatic carbocycles. The SMILES string of the molecule is CC1CCCCC1NCc1nnc(-c2ccccc2)o1. The van der Waals surface area contributed by atoms with Crippen LogP contribution in [0.4, 0.5) is 0 Å². The zero-order chi connectivity index (χ0) is 13.8. The van der Waals surface area contributed by atoms with E-state index in [2.05, 4.69) is 22.4 Å². The summed E-state index contributed by atoms with van der Waals surface area (Å²) >= 11 is 0. The van der Waals surface area contributed by atoms with E-state index in [-0.39, 0.29) is 0 Å². The number of aromatic nitrogens is 2. The van der Waals surface area contributed by atoms with Crippen molar-refractivity contribution in [2.75, 3.05) is 0 Å². The Hall–Kier alpha value is -1.68. The molecule has 1 N–H and O–H groups in total. The fourth-order valence-electron chi connectivity index (χ4n) is 2.86. The van der Waals surface area contributed by atoms with E-state index in [1.54, 1.807) is 0 Å². The molecule has 20 heavy (non-hydrogen) atoms. The van der Waals surface area contributed by atoms with Gasteiger partial charge in [-0.1, -0.05) is 38.0 Å². The minimum atomic E-state index is 0.579. The minimum absolute atomic E-state index is 0.579. The van der Waals surface area contributed by atoms with Gasteiger partial charge in [-0.15, -0.1) is 10.2 Å². The smallest absolute Gasteiger partial charge is 0.247 e. The number of benzene rings is 1. The van der Waals surface area contributed by atoms with Gasteiger partial charge in [0.25, 0.3) is 0 Å². The molecule has 2 unspecified atom stereocenters. The van der Waals surface area contributed by atoms with E-state index in [0.717, 1.165) is 11.5 Å². The zero-order valence-electron chi connectivity index (χ0n) is 11.9. The minimum Gasteiger partial charge on any atom is -0.419 e. The van der Waals surface area contributed by atoms with Crippen LogP contribution in [0.3, 0.4) is 0 Å². The van der Waals surface area contributed by atoms with E-state index in [1.807, 2.05) is 30.3 Å². The molecular weight excluding hydrogens is 250 g/mol. The Balaban J connectivity index is 1.60. The third-order valence-corrected chi connectivity index (χ3v) is 4.11. The lowest BCUT2D eigenvalue weighted by Crippen LogP contribution is -2.36. The molecule has 3 rings (SSSR count). The fraction of sp³-hybridized carbons (Fsp3) is 0.500. The molecule has 1 aliphatic rings. The molecule has 2 atom stereocenters. The monoisotopic (exact) mass is 271 g/mol. The largest absolute Gasteiger partial charge is 0.419 e. The first-order valence-electron chi connectivity index (χ1n) is 7.44. The molecule has 1 aliphatic carbocycles. The second-order valence-electron chi connectivity index (χ2n) is 5.62. The number of hydrogen-bond donors (Lipinski definition) is 1. The van der Waals surface area contributed by atoms with Crippen molar-refractivity contribution in [1.29, 1.82) is 0 Å². The lowest BCUT2D eigenvalue weighted by molar-refractivity contribution is 0.271. The van der Waals surface area contributed by atoms with Gasteiger partial charge in [0.2, 0.25) is 11.8 Å². The first-order chi connectivity index (χ1) is 9.83. The molecule has 0 spiro atoms. The third kappa shape index (κ3) is 3.07. The molecule has 0 bridgehead atoms. The summed E-state index contributed by atoms with van der Waals surface area (Å²) in [6.45, 7) is 2.98. The maximum Gasteiger partial charge on any atom is 0.247 e. The standard InChI is InChI=1S/C16H21N3O/c1-12-7-5-6-10-14(12)17-11-15-18-19-16(20-15)13-8-3-2-4-9-13/h2-4,8-9,12,14,17H,5-7,10-11H2,1H3. The second-order valence-corrected chi connectivity index (χ2v) is 5.62. The molecule has 0 amide bonds. The van der Waals surface area contributed by atoms with E-state index in [4.69, 9.17) is 4.42 Å². The lowest BCUT2D eigenvalue weighted by atomic mass is 9.86. The van der Waals surface area contributed by atoms with E-state index in [1.165, 1.54) is 25.7 Å². The van der Waals surface area contributed by atoms with Crippen molar-refractivity contribution < 1.29 is 4.42 Å². The number of nitrogens with one attached hydrogen (secondary N) is 1. The Morgan fingerprint density at radius 2 is 1.95 bits per heavy atom. The third-order valence-electron chi connectivity index (χ3n) is 4.11. The predicted octanol–water partition coefficient (Wildman–Crippen LogP) is 3.40. The first-order valence-corrected chi connectivity index (χ1v) is 7.44. The van der Waals surface area contributed by atoms with Gasteiger partial charge in [0.05, 0.1) is 6.54 Å². The molecule has 0 aliphatic heterocycles. The number of hydrogen-bond acceptors (Lipinski definition) is 4. The Morgan fingerprint density at radius 1 is 1.15 bits per heavy atom. The van der Waals surface area contributed by atoms with Crippen molar-refractivity contribution in [1.82, 2.24) is 15.5 Å². The molecule has 1 fully saturated rings. The van der Waals surface area contributed by atoms with Crippen LogP contribution in [0.2, 0.25) is 0 Å². The first kappa shape index (κ1) is 13.3. The van der Waals surface area contributed by atoms with Crippen LogP contribution >= 0.6 is 0 Å². The van der Waals surface area contributed by atoms with Crippen LogP contribution in [0.5, 0.6) is 0 Å². The van der Waals surface area contributed by atoms with Crippen molar-refractivity contribution in [3.05, 3.63) is 36.2 Å². The Labute approximate surface area is 119 Å². The summed E-state index contributed by atoms with van der Waals surface area (Å²) in [5.41, 5.74) is 0.970. The van der Waals surface area contributed by atoms with Gasteiger partial charge < -0.3 is 9.73 Å². The topological polar surface area (TPSA) is 51.0 Å². The highest BCUT2D eigenvalue weighted by molar-refractivity contribution is 5.51. The van der Waals surface area contributed by atoms with Gasteiger partial charge in [-0.25, -0.2) is 0 Å². The lowest BCUT2D eigenvalue weighted by Gasteiger charge is -2.29. The van der Waals surface area contributed by atoms with Crippen LogP contribution in [0, 0.1) is 5.92 Å². The average Bonchev–Trinajstić information content (AvgIpc) is 2.96. The summed E-state index contributed by atoms with van der Waals surface area (Å²) in [4.78, 5) is 0. The van der Waals surface area contributed by atoms with Gasteiger partial charge in [-0.05, 0) is 30.9 Å². The van der Waals surface area contributed by atoms with E-state index < -0.39 is 0 Å². The Morgan fingerprint density at radius 3 is 2.75 bits per heavy atom. The van der Waals surface area contributed by atoms with Crippen molar-refractivity contribution in [2.45, 2.75) is 45.2 Å². The van der Waals surface area contributed by atoms with Crippen LogP contribution in [0.1, 0.15) is 38.5 Å². The van der Waals surface area contributed by atoms with E-state index >= 15 is 0 Å². The summed E-state index contributed by atoms with van der Waals surface area (Å²) in [6, 6.07) is 10.5. The molecule has 0 radical (unpaired) electrons. The van der Waals surface area contributed by atoms with E-state index in [0.29, 0.717) is 24.4 Å². The Kier molecular flexibility index (Phi) is 4.11. The zero-order valence-corrected chi connectivity index (χ0v) is 11.9. The van der Waals surface area contributed by atoms with Crippen LogP contribution < -0.4 is 5.32 Å². The maximum atomic E-state index is 5.71. The highest BCUT2D eigenvalue weighted by atomic mass is 16.4. The summed E-state index contributed by atoms with van der Waals surface area (Å²) in [5, 5.41) is 11.8.